The number of unbranched alkanes of at least 4 members (excludes halogenated alkanes) is 5. The molecule has 0 aromatic heterocycles. The van der Waals surface area contributed by atoms with E-state index < -0.39 is 0 Å². The van der Waals surface area contributed by atoms with Crippen LogP contribution in [0.15, 0.2) is 12.2 Å². The highest BCUT2D eigenvalue weighted by Crippen LogP contribution is 2.18. The summed E-state index contributed by atoms with van der Waals surface area (Å²) in [5.74, 6) is -0.00211. The van der Waals surface area contributed by atoms with E-state index in [2.05, 4.69) is 19.1 Å². The van der Waals surface area contributed by atoms with Crippen LogP contribution in [0, 0.1) is 0 Å². The fraction of sp³-hybridized carbons (Fsp3) is 0.812. The van der Waals surface area contributed by atoms with Crippen molar-refractivity contribution in [1.29, 1.82) is 0 Å². The van der Waals surface area contributed by atoms with Crippen LogP contribution in [0.25, 0.3) is 0 Å². The molecule has 0 aromatic rings. The molecule has 1 atom stereocenters. The maximum absolute atomic E-state index is 11.1. The highest BCUT2D eigenvalue weighted by Gasteiger charge is 2.19. The topological polar surface area (TPSA) is 26.3 Å². The molecule has 1 unspecified atom stereocenters. The fourth-order valence-corrected chi connectivity index (χ4v) is 2.37. The Morgan fingerprint density at radius 3 is 2.67 bits per heavy atom. The van der Waals surface area contributed by atoms with Crippen LogP contribution < -0.4 is 0 Å². The number of hydrogen-bond acceptors (Lipinski definition) is 2. The van der Waals surface area contributed by atoms with Gasteiger partial charge in [-0.3, -0.25) is 4.79 Å². The number of carbonyl (C=O) groups is 1. The Labute approximate surface area is 112 Å². The average Bonchev–Trinajstić information content (AvgIpc) is 2.37. The lowest BCUT2D eigenvalue weighted by Gasteiger charge is -2.21. The highest BCUT2D eigenvalue weighted by atomic mass is 16.5. The third-order valence-corrected chi connectivity index (χ3v) is 3.49. The summed E-state index contributed by atoms with van der Waals surface area (Å²) in [6.07, 6.45) is 17.4. The van der Waals surface area contributed by atoms with Crippen molar-refractivity contribution in [3.8, 4) is 0 Å². The predicted octanol–water partition coefficient (Wildman–Crippen LogP) is 4.78. The molecule has 0 amide bonds. The van der Waals surface area contributed by atoms with Crippen LogP contribution in [-0.4, -0.2) is 12.1 Å². The largest absolute Gasteiger partial charge is 0.462 e. The molecule has 1 fully saturated rings. The number of ether oxygens (including phenoxy) is 1. The Morgan fingerprint density at radius 2 is 1.94 bits per heavy atom. The van der Waals surface area contributed by atoms with Crippen molar-refractivity contribution in [3.05, 3.63) is 12.2 Å². The summed E-state index contributed by atoms with van der Waals surface area (Å²) in [6.45, 7) is 2.24. The highest BCUT2D eigenvalue weighted by molar-refractivity contribution is 5.70. The maximum Gasteiger partial charge on any atom is 0.306 e. The molecule has 1 aliphatic heterocycles. The Hall–Kier alpha value is -0.790. The summed E-state index contributed by atoms with van der Waals surface area (Å²) >= 11 is 0. The van der Waals surface area contributed by atoms with Gasteiger partial charge in [0.25, 0.3) is 0 Å². The lowest BCUT2D eigenvalue weighted by atomic mass is 10.0. The normalized spacial score (nSPS) is 20.3. The molecule has 104 valence electrons. The second kappa shape index (κ2) is 10.2. The molecule has 18 heavy (non-hydrogen) atoms. The minimum Gasteiger partial charge on any atom is -0.462 e. The molecule has 2 nitrogen and oxygen atoms in total. The monoisotopic (exact) mass is 252 g/mol. The van der Waals surface area contributed by atoms with Gasteiger partial charge in [-0.05, 0) is 44.9 Å². The zero-order chi connectivity index (χ0) is 13.1. The molecule has 0 aromatic carbocycles. The first-order chi connectivity index (χ1) is 8.83. The van der Waals surface area contributed by atoms with Crippen molar-refractivity contribution >= 4 is 5.97 Å². The second-order valence-corrected chi connectivity index (χ2v) is 5.26. The number of esters is 1. The number of rotatable bonds is 9. The smallest absolute Gasteiger partial charge is 0.306 e. The minimum absolute atomic E-state index is 0.00211. The van der Waals surface area contributed by atoms with Crippen LogP contribution in [0.3, 0.4) is 0 Å². The lowest BCUT2D eigenvalue weighted by molar-refractivity contribution is -0.154. The van der Waals surface area contributed by atoms with Crippen molar-refractivity contribution in [2.24, 2.45) is 0 Å². The van der Waals surface area contributed by atoms with Crippen molar-refractivity contribution in [2.45, 2.75) is 83.7 Å². The van der Waals surface area contributed by atoms with E-state index >= 15 is 0 Å². The summed E-state index contributed by atoms with van der Waals surface area (Å²) < 4.78 is 5.30. The van der Waals surface area contributed by atoms with Gasteiger partial charge in [-0.15, -0.1) is 0 Å². The van der Waals surface area contributed by atoms with E-state index in [4.69, 9.17) is 4.74 Å². The van der Waals surface area contributed by atoms with Crippen LogP contribution >= 0.6 is 0 Å². The predicted molar refractivity (Wildman–Crippen MR) is 75.5 cm³/mol. The van der Waals surface area contributed by atoms with Crippen LogP contribution in [0.4, 0.5) is 0 Å². The second-order valence-electron chi connectivity index (χ2n) is 5.26. The quantitative estimate of drug-likeness (QED) is 0.335. The Kier molecular flexibility index (Phi) is 8.62. The van der Waals surface area contributed by atoms with Gasteiger partial charge < -0.3 is 4.74 Å². The van der Waals surface area contributed by atoms with Crippen molar-refractivity contribution in [3.63, 3.8) is 0 Å². The van der Waals surface area contributed by atoms with Crippen LogP contribution in [0.2, 0.25) is 0 Å². The Bertz CT molecular complexity index is 245. The third-order valence-electron chi connectivity index (χ3n) is 3.49. The van der Waals surface area contributed by atoms with E-state index in [1.165, 1.54) is 32.1 Å². The van der Waals surface area contributed by atoms with E-state index in [1.54, 1.807) is 0 Å². The van der Waals surface area contributed by atoms with Gasteiger partial charge in [0.2, 0.25) is 0 Å². The van der Waals surface area contributed by atoms with Crippen LogP contribution in [0.5, 0.6) is 0 Å². The standard InChI is InChI=1S/C16H28O2/c1-2-3-4-5-6-7-8-9-10-12-15-13-11-14-16(17)18-15/h7-8,15H,2-6,9-14H2,1H3/b8-7-. The molecule has 0 spiro atoms. The molecule has 0 bridgehead atoms. The van der Waals surface area contributed by atoms with E-state index in [0.29, 0.717) is 6.42 Å². The molecule has 0 saturated carbocycles. The molecule has 2 heteroatoms. The number of cyclic esters (lactones) is 1. The van der Waals surface area contributed by atoms with Gasteiger partial charge in [0.05, 0.1) is 0 Å². The van der Waals surface area contributed by atoms with E-state index in [-0.39, 0.29) is 12.1 Å². The third kappa shape index (κ3) is 7.52. The summed E-state index contributed by atoms with van der Waals surface area (Å²) in [4.78, 5) is 11.1. The first kappa shape index (κ1) is 15.3. The average molecular weight is 252 g/mol. The SMILES string of the molecule is CCCCCC/C=C\CCCC1CCCC(=O)O1. The van der Waals surface area contributed by atoms with Gasteiger partial charge in [-0.1, -0.05) is 38.3 Å². The van der Waals surface area contributed by atoms with Gasteiger partial charge in [0.15, 0.2) is 0 Å². The van der Waals surface area contributed by atoms with Crippen molar-refractivity contribution in [2.75, 3.05) is 0 Å². The molecular weight excluding hydrogens is 224 g/mol. The maximum atomic E-state index is 11.1. The van der Waals surface area contributed by atoms with Crippen LogP contribution in [0.1, 0.15) is 77.6 Å². The van der Waals surface area contributed by atoms with Gasteiger partial charge in [0, 0.05) is 6.42 Å². The van der Waals surface area contributed by atoms with Crippen LogP contribution in [-0.2, 0) is 9.53 Å². The zero-order valence-corrected chi connectivity index (χ0v) is 11.8. The van der Waals surface area contributed by atoms with E-state index in [9.17, 15) is 4.79 Å². The van der Waals surface area contributed by atoms with Gasteiger partial charge in [-0.2, -0.15) is 0 Å². The molecule has 0 radical (unpaired) electrons. The van der Waals surface area contributed by atoms with E-state index in [1.807, 2.05) is 0 Å². The first-order valence-corrected chi connectivity index (χ1v) is 7.67. The molecule has 1 aliphatic rings. The van der Waals surface area contributed by atoms with E-state index in [0.717, 1.165) is 32.1 Å². The number of hydrogen-bond donors (Lipinski definition) is 0. The summed E-state index contributed by atoms with van der Waals surface area (Å²) in [5.41, 5.74) is 0. The van der Waals surface area contributed by atoms with Crippen molar-refractivity contribution < 1.29 is 9.53 Å². The lowest BCUT2D eigenvalue weighted by Crippen LogP contribution is -2.23. The molecule has 1 rings (SSSR count). The molecule has 0 aliphatic carbocycles. The molecular formula is C16H28O2. The van der Waals surface area contributed by atoms with Gasteiger partial charge >= 0.3 is 5.97 Å². The van der Waals surface area contributed by atoms with Gasteiger partial charge in [0.1, 0.15) is 6.10 Å². The first-order valence-electron chi connectivity index (χ1n) is 7.67. The summed E-state index contributed by atoms with van der Waals surface area (Å²) in [5, 5.41) is 0. The molecule has 0 N–H and O–H groups in total. The minimum atomic E-state index is -0.00211. The summed E-state index contributed by atoms with van der Waals surface area (Å²) in [7, 11) is 0. The number of carbonyl (C=O) groups excluding carboxylic acids is 1. The fourth-order valence-electron chi connectivity index (χ4n) is 2.37. The van der Waals surface area contributed by atoms with Gasteiger partial charge in [-0.25, -0.2) is 0 Å². The Balaban J connectivity index is 1.91. The zero-order valence-electron chi connectivity index (χ0n) is 11.8. The summed E-state index contributed by atoms with van der Waals surface area (Å²) in [6, 6.07) is 0. The van der Waals surface area contributed by atoms with Crippen molar-refractivity contribution in [1.82, 2.24) is 0 Å². The molecule has 1 heterocycles. The molecule has 1 saturated heterocycles. The number of allylic oxidation sites excluding steroid dienone is 2. The Morgan fingerprint density at radius 1 is 1.17 bits per heavy atom.